The van der Waals surface area contributed by atoms with Crippen molar-refractivity contribution in [1.29, 1.82) is 0 Å². The van der Waals surface area contributed by atoms with Crippen molar-refractivity contribution in [2.45, 2.75) is 13.1 Å². The van der Waals surface area contributed by atoms with E-state index in [2.05, 4.69) is 31.5 Å². The molecule has 3 amide bonds. The van der Waals surface area contributed by atoms with Crippen LogP contribution in [0.25, 0.3) is 0 Å². The van der Waals surface area contributed by atoms with Crippen molar-refractivity contribution in [2.75, 3.05) is 39.8 Å². The second kappa shape index (κ2) is 11.0. The Morgan fingerprint density at radius 2 is 1.73 bits per heavy atom. The van der Waals surface area contributed by atoms with Gasteiger partial charge in [0.15, 0.2) is 0 Å². The van der Waals surface area contributed by atoms with E-state index < -0.39 is 0 Å². The molecule has 8 heteroatoms. The molecule has 1 saturated heterocycles. The number of amides is 3. The van der Waals surface area contributed by atoms with E-state index in [-0.39, 0.29) is 11.9 Å². The summed E-state index contributed by atoms with van der Waals surface area (Å²) in [5.74, 6) is 0.739. The van der Waals surface area contributed by atoms with E-state index >= 15 is 0 Å². The SMILES string of the molecule is COc1ccc(Br)cc1CNC(=O)N1CCN(CC(=O)NCc2ccccc2)CC1. The lowest BCUT2D eigenvalue weighted by Crippen LogP contribution is -2.53. The standard InChI is InChI=1S/C22H27BrN4O3/c1-30-20-8-7-19(23)13-18(20)15-25-22(29)27-11-9-26(10-12-27)16-21(28)24-14-17-5-3-2-4-6-17/h2-8,13H,9-12,14-16H2,1H3,(H,24,28)(H,25,29). The second-order valence-corrected chi connectivity index (χ2v) is 8.06. The molecule has 7 nitrogen and oxygen atoms in total. The van der Waals surface area contributed by atoms with Gasteiger partial charge in [0, 0.05) is 49.3 Å². The Bertz CT molecular complexity index is 855. The first kappa shape index (κ1) is 22.1. The molecule has 0 radical (unpaired) electrons. The topological polar surface area (TPSA) is 73.9 Å². The van der Waals surface area contributed by atoms with Gasteiger partial charge < -0.3 is 20.3 Å². The number of carbonyl (C=O) groups excluding carboxylic acids is 2. The van der Waals surface area contributed by atoms with Gasteiger partial charge in [-0.05, 0) is 23.8 Å². The number of piperazine rings is 1. The fourth-order valence-electron chi connectivity index (χ4n) is 3.33. The maximum Gasteiger partial charge on any atom is 0.317 e. The second-order valence-electron chi connectivity index (χ2n) is 7.14. The number of hydrogen-bond donors (Lipinski definition) is 2. The number of methoxy groups -OCH3 is 1. The molecule has 0 bridgehead atoms. The predicted octanol–water partition coefficient (Wildman–Crippen LogP) is 2.60. The Balaban J connectivity index is 1.39. The van der Waals surface area contributed by atoms with Crippen molar-refractivity contribution in [3.05, 3.63) is 64.1 Å². The molecule has 2 N–H and O–H groups in total. The molecule has 2 aromatic carbocycles. The van der Waals surface area contributed by atoms with Crippen LogP contribution >= 0.6 is 15.9 Å². The van der Waals surface area contributed by atoms with Gasteiger partial charge in [0.25, 0.3) is 0 Å². The highest BCUT2D eigenvalue weighted by molar-refractivity contribution is 9.10. The lowest BCUT2D eigenvalue weighted by molar-refractivity contribution is -0.122. The summed E-state index contributed by atoms with van der Waals surface area (Å²) < 4.78 is 6.28. The molecule has 0 aromatic heterocycles. The largest absolute Gasteiger partial charge is 0.496 e. The first-order chi connectivity index (χ1) is 14.5. The van der Waals surface area contributed by atoms with Crippen LogP contribution in [-0.4, -0.2) is 61.6 Å². The van der Waals surface area contributed by atoms with Gasteiger partial charge in [-0.15, -0.1) is 0 Å². The summed E-state index contributed by atoms with van der Waals surface area (Å²) in [5, 5.41) is 5.90. The number of carbonyl (C=O) groups is 2. The van der Waals surface area contributed by atoms with Gasteiger partial charge in [-0.25, -0.2) is 4.79 Å². The van der Waals surface area contributed by atoms with Crippen LogP contribution < -0.4 is 15.4 Å². The summed E-state index contributed by atoms with van der Waals surface area (Å²) in [6.45, 7) is 3.79. The third kappa shape index (κ3) is 6.47. The summed E-state index contributed by atoms with van der Waals surface area (Å²) in [6, 6.07) is 15.4. The number of halogens is 1. The van der Waals surface area contributed by atoms with Gasteiger partial charge in [0.2, 0.25) is 5.91 Å². The van der Waals surface area contributed by atoms with Crippen LogP contribution in [0.4, 0.5) is 4.79 Å². The van der Waals surface area contributed by atoms with Crippen LogP contribution in [0.3, 0.4) is 0 Å². The minimum atomic E-state index is -0.106. The maximum atomic E-state index is 12.5. The number of urea groups is 1. The Kier molecular flexibility index (Phi) is 8.10. The van der Waals surface area contributed by atoms with E-state index in [1.165, 1.54) is 0 Å². The number of nitrogens with one attached hydrogen (secondary N) is 2. The number of nitrogens with zero attached hydrogens (tertiary/aromatic N) is 2. The summed E-state index contributed by atoms with van der Waals surface area (Å²) in [7, 11) is 1.61. The Hall–Kier alpha value is -2.58. The quantitative estimate of drug-likeness (QED) is 0.646. The molecule has 1 aliphatic rings. The lowest BCUT2D eigenvalue weighted by atomic mass is 10.2. The molecule has 160 valence electrons. The predicted molar refractivity (Wildman–Crippen MR) is 119 cm³/mol. The minimum Gasteiger partial charge on any atom is -0.496 e. The van der Waals surface area contributed by atoms with E-state index in [0.717, 1.165) is 21.3 Å². The van der Waals surface area contributed by atoms with Gasteiger partial charge in [0.05, 0.1) is 13.7 Å². The molecule has 3 rings (SSSR count). The zero-order valence-electron chi connectivity index (χ0n) is 17.1. The van der Waals surface area contributed by atoms with Crippen molar-refractivity contribution < 1.29 is 14.3 Å². The third-order valence-electron chi connectivity index (χ3n) is 5.03. The monoisotopic (exact) mass is 474 g/mol. The number of benzene rings is 2. The molecule has 0 unspecified atom stereocenters. The van der Waals surface area contributed by atoms with Crippen molar-refractivity contribution in [1.82, 2.24) is 20.4 Å². The highest BCUT2D eigenvalue weighted by atomic mass is 79.9. The molecule has 0 atom stereocenters. The molecular formula is C22H27BrN4O3. The minimum absolute atomic E-state index is 0.00139. The normalized spacial score (nSPS) is 14.3. The maximum absolute atomic E-state index is 12.5. The zero-order valence-corrected chi connectivity index (χ0v) is 18.7. The van der Waals surface area contributed by atoms with Crippen LogP contribution in [0.5, 0.6) is 5.75 Å². The highest BCUT2D eigenvalue weighted by Crippen LogP contribution is 2.22. The molecule has 0 aliphatic carbocycles. The van der Waals surface area contributed by atoms with Gasteiger partial charge in [-0.1, -0.05) is 46.3 Å². The van der Waals surface area contributed by atoms with Crippen LogP contribution in [0.15, 0.2) is 53.0 Å². The Labute approximate surface area is 185 Å². The lowest BCUT2D eigenvalue weighted by Gasteiger charge is -2.34. The van der Waals surface area contributed by atoms with Crippen molar-refractivity contribution in [3.63, 3.8) is 0 Å². The van der Waals surface area contributed by atoms with Crippen LogP contribution in [0.1, 0.15) is 11.1 Å². The van der Waals surface area contributed by atoms with Crippen LogP contribution in [0, 0.1) is 0 Å². The van der Waals surface area contributed by atoms with Crippen molar-refractivity contribution in [3.8, 4) is 5.75 Å². The summed E-state index contributed by atoms with van der Waals surface area (Å²) in [5.41, 5.74) is 1.99. The molecule has 0 spiro atoms. The van der Waals surface area contributed by atoms with E-state index in [1.807, 2.05) is 48.5 Å². The summed E-state index contributed by atoms with van der Waals surface area (Å²) >= 11 is 3.44. The van der Waals surface area contributed by atoms with Crippen LogP contribution in [-0.2, 0) is 17.9 Å². The first-order valence-electron chi connectivity index (χ1n) is 9.93. The highest BCUT2D eigenvalue weighted by Gasteiger charge is 2.22. The average molecular weight is 475 g/mol. The average Bonchev–Trinajstić information content (AvgIpc) is 2.77. The van der Waals surface area contributed by atoms with Crippen molar-refractivity contribution >= 4 is 27.9 Å². The molecular weight excluding hydrogens is 448 g/mol. The molecule has 1 aliphatic heterocycles. The molecule has 2 aromatic rings. The van der Waals surface area contributed by atoms with Gasteiger partial charge in [0.1, 0.15) is 5.75 Å². The smallest absolute Gasteiger partial charge is 0.317 e. The first-order valence-corrected chi connectivity index (χ1v) is 10.7. The fourth-order valence-corrected chi connectivity index (χ4v) is 3.74. The number of hydrogen-bond acceptors (Lipinski definition) is 4. The zero-order chi connectivity index (χ0) is 21.3. The van der Waals surface area contributed by atoms with E-state index in [1.54, 1.807) is 12.0 Å². The van der Waals surface area contributed by atoms with Gasteiger partial charge in [-0.3, -0.25) is 9.69 Å². The molecule has 30 heavy (non-hydrogen) atoms. The molecule has 0 saturated carbocycles. The summed E-state index contributed by atoms with van der Waals surface area (Å²) in [6.07, 6.45) is 0. The Morgan fingerprint density at radius 3 is 2.43 bits per heavy atom. The molecule has 1 heterocycles. The molecule has 1 fully saturated rings. The fraction of sp³-hybridized carbons (Fsp3) is 0.364. The number of ether oxygens (including phenoxy) is 1. The van der Waals surface area contributed by atoms with E-state index in [9.17, 15) is 9.59 Å². The Morgan fingerprint density at radius 1 is 1.00 bits per heavy atom. The van der Waals surface area contributed by atoms with Gasteiger partial charge >= 0.3 is 6.03 Å². The van der Waals surface area contributed by atoms with E-state index in [4.69, 9.17) is 4.74 Å². The number of rotatable bonds is 7. The van der Waals surface area contributed by atoms with Crippen molar-refractivity contribution in [2.24, 2.45) is 0 Å². The van der Waals surface area contributed by atoms with E-state index in [0.29, 0.717) is 45.8 Å². The third-order valence-corrected chi connectivity index (χ3v) is 5.52. The van der Waals surface area contributed by atoms with Gasteiger partial charge in [-0.2, -0.15) is 0 Å². The summed E-state index contributed by atoms with van der Waals surface area (Å²) in [4.78, 5) is 28.5. The van der Waals surface area contributed by atoms with Crippen LogP contribution in [0.2, 0.25) is 0 Å².